The number of halogens is 1. The third kappa shape index (κ3) is 2.11. The van der Waals surface area contributed by atoms with E-state index in [1.807, 2.05) is 4.90 Å². The van der Waals surface area contributed by atoms with Gasteiger partial charge in [-0.3, -0.25) is 4.79 Å². The molecule has 1 amide bonds. The number of nitrogens with zero attached hydrogens (tertiary/aromatic N) is 1. The Morgan fingerprint density at radius 1 is 1.29 bits per heavy atom. The number of carbonyl (C=O) groups excluding carboxylic acids is 1. The van der Waals surface area contributed by atoms with Crippen molar-refractivity contribution in [2.45, 2.75) is 36.6 Å². The van der Waals surface area contributed by atoms with Gasteiger partial charge in [0.2, 0.25) is 5.91 Å². The third-order valence-electron chi connectivity index (χ3n) is 3.04. The number of ether oxygens (including phenoxy) is 1. The molecule has 0 bridgehead atoms. The molecule has 0 aromatic carbocycles. The minimum absolute atomic E-state index is 0.0617. The van der Waals surface area contributed by atoms with E-state index in [1.165, 1.54) is 0 Å². The van der Waals surface area contributed by atoms with Crippen molar-refractivity contribution in [3.63, 3.8) is 0 Å². The Morgan fingerprint density at radius 2 is 2.14 bits per heavy atom. The van der Waals surface area contributed by atoms with E-state index >= 15 is 0 Å². The molecule has 2 aliphatic rings. The van der Waals surface area contributed by atoms with Gasteiger partial charge in [0.15, 0.2) is 0 Å². The minimum Gasteiger partial charge on any atom is -0.381 e. The lowest BCUT2D eigenvalue weighted by Crippen LogP contribution is -2.37. The van der Waals surface area contributed by atoms with Crippen LogP contribution in [0.3, 0.4) is 0 Å². The normalized spacial score (nSPS) is 34.6. The van der Waals surface area contributed by atoms with Crippen molar-refractivity contribution < 1.29 is 9.53 Å². The molecule has 2 aliphatic heterocycles. The van der Waals surface area contributed by atoms with Gasteiger partial charge in [0, 0.05) is 25.8 Å². The number of hydrogen-bond donors (Lipinski definition) is 0. The van der Waals surface area contributed by atoms with Gasteiger partial charge in [0.05, 0.1) is 4.83 Å². The second-order valence-corrected chi connectivity index (χ2v) is 5.09. The van der Waals surface area contributed by atoms with E-state index in [2.05, 4.69) is 15.9 Å². The Morgan fingerprint density at radius 3 is 2.86 bits per heavy atom. The zero-order valence-corrected chi connectivity index (χ0v) is 9.83. The Balaban J connectivity index is 1.96. The number of rotatable bonds is 1. The Bertz CT molecular complexity index is 214. The molecule has 2 heterocycles. The van der Waals surface area contributed by atoms with Gasteiger partial charge in [-0.15, -0.1) is 0 Å². The molecular formula is C10H16BrNO2. The van der Waals surface area contributed by atoms with E-state index in [0.29, 0.717) is 6.04 Å². The van der Waals surface area contributed by atoms with Crippen LogP contribution in [0.1, 0.15) is 25.7 Å². The standard InChI is InChI=1S/C10H16BrNO2/c11-9-3-5-12(10(9)13)8-2-1-6-14-7-4-8/h8-9H,1-7H2. The summed E-state index contributed by atoms with van der Waals surface area (Å²) in [6.07, 6.45) is 4.15. The highest BCUT2D eigenvalue weighted by molar-refractivity contribution is 9.10. The van der Waals surface area contributed by atoms with Crippen LogP contribution in [0.2, 0.25) is 0 Å². The van der Waals surface area contributed by atoms with E-state index in [9.17, 15) is 4.79 Å². The molecule has 3 nitrogen and oxygen atoms in total. The zero-order valence-electron chi connectivity index (χ0n) is 8.25. The summed E-state index contributed by atoms with van der Waals surface area (Å²) in [4.78, 5) is 13.9. The lowest BCUT2D eigenvalue weighted by molar-refractivity contribution is -0.129. The maximum Gasteiger partial charge on any atom is 0.236 e. The second-order valence-electron chi connectivity index (χ2n) is 3.98. The van der Waals surface area contributed by atoms with Crippen LogP contribution in [0.25, 0.3) is 0 Å². The molecule has 0 aliphatic carbocycles. The van der Waals surface area contributed by atoms with Gasteiger partial charge in [0.25, 0.3) is 0 Å². The molecule has 2 unspecified atom stereocenters. The Kier molecular flexibility index (Phi) is 3.44. The lowest BCUT2D eigenvalue weighted by atomic mass is 10.1. The summed E-state index contributed by atoms with van der Waals surface area (Å²) in [5, 5.41) is 0. The van der Waals surface area contributed by atoms with Gasteiger partial charge in [-0.2, -0.15) is 0 Å². The predicted octanol–water partition coefficient (Wildman–Crippen LogP) is 1.55. The molecule has 2 atom stereocenters. The molecule has 2 saturated heterocycles. The topological polar surface area (TPSA) is 29.5 Å². The molecule has 80 valence electrons. The minimum atomic E-state index is 0.0617. The van der Waals surface area contributed by atoms with E-state index in [0.717, 1.165) is 45.4 Å². The van der Waals surface area contributed by atoms with Crippen LogP contribution in [0.5, 0.6) is 0 Å². The average molecular weight is 262 g/mol. The summed E-state index contributed by atoms with van der Waals surface area (Å²) < 4.78 is 5.40. The summed E-state index contributed by atoms with van der Waals surface area (Å²) in [5.74, 6) is 0.275. The van der Waals surface area contributed by atoms with Crippen LogP contribution < -0.4 is 0 Å². The number of alkyl halides is 1. The number of hydrogen-bond acceptors (Lipinski definition) is 2. The first-order chi connectivity index (χ1) is 6.79. The fourth-order valence-electron chi connectivity index (χ4n) is 2.23. The van der Waals surface area contributed by atoms with Crippen molar-refractivity contribution in [3.05, 3.63) is 0 Å². The summed E-state index contributed by atoms with van der Waals surface area (Å²) in [6, 6.07) is 0.424. The van der Waals surface area contributed by atoms with Gasteiger partial charge in [0.1, 0.15) is 0 Å². The van der Waals surface area contributed by atoms with Crippen molar-refractivity contribution in [2.75, 3.05) is 19.8 Å². The highest BCUT2D eigenvalue weighted by atomic mass is 79.9. The number of amides is 1. The lowest BCUT2D eigenvalue weighted by Gasteiger charge is -2.26. The SMILES string of the molecule is O=C1C(Br)CCN1C1CCCOCC1. The molecule has 4 heteroatoms. The average Bonchev–Trinajstić information content (AvgIpc) is 2.47. The van der Waals surface area contributed by atoms with E-state index in [-0.39, 0.29) is 10.7 Å². The van der Waals surface area contributed by atoms with Crippen molar-refractivity contribution >= 4 is 21.8 Å². The highest BCUT2D eigenvalue weighted by Gasteiger charge is 2.34. The monoisotopic (exact) mass is 261 g/mol. The van der Waals surface area contributed by atoms with Crippen molar-refractivity contribution in [1.82, 2.24) is 4.90 Å². The van der Waals surface area contributed by atoms with Crippen LogP contribution in [0.4, 0.5) is 0 Å². The first-order valence-corrected chi connectivity index (χ1v) is 6.23. The first kappa shape index (κ1) is 10.4. The number of carbonyl (C=O) groups is 1. The maximum atomic E-state index is 11.8. The van der Waals surface area contributed by atoms with Gasteiger partial charge >= 0.3 is 0 Å². The van der Waals surface area contributed by atoms with Crippen LogP contribution in [-0.2, 0) is 9.53 Å². The molecular weight excluding hydrogens is 246 g/mol. The van der Waals surface area contributed by atoms with Gasteiger partial charge < -0.3 is 9.64 Å². The van der Waals surface area contributed by atoms with Crippen LogP contribution in [0, 0.1) is 0 Å². The molecule has 0 radical (unpaired) electrons. The molecule has 0 saturated carbocycles. The molecule has 0 aromatic rings. The molecule has 0 N–H and O–H groups in total. The summed E-state index contributed by atoms with van der Waals surface area (Å²) in [6.45, 7) is 2.58. The zero-order chi connectivity index (χ0) is 9.97. The molecule has 0 aromatic heterocycles. The largest absolute Gasteiger partial charge is 0.381 e. The second kappa shape index (κ2) is 4.62. The van der Waals surface area contributed by atoms with E-state index < -0.39 is 0 Å². The molecule has 14 heavy (non-hydrogen) atoms. The van der Waals surface area contributed by atoms with Crippen molar-refractivity contribution in [2.24, 2.45) is 0 Å². The fourth-order valence-corrected chi connectivity index (χ4v) is 2.69. The highest BCUT2D eigenvalue weighted by Crippen LogP contribution is 2.25. The van der Waals surface area contributed by atoms with Crippen molar-refractivity contribution in [1.29, 1.82) is 0 Å². The van der Waals surface area contributed by atoms with Gasteiger partial charge in [-0.25, -0.2) is 0 Å². The fraction of sp³-hybridized carbons (Fsp3) is 0.900. The number of likely N-dealkylation sites (tertiary alicyclic amines) is 1. The smallest absolute Gasteiger partial charge is 0.236 e. The van der Waals surface area contributed by atoms with Crippen LogP contribution in [0.15, 0.2) is 0 Å². The molecule has 2 fully saturated rings. The summed E-state index contributed by atoms with van der Waals surface area (Å²) in [5.41, 5.74) is 0. The Hall–Kier alpha value is -0.0900. The predicted molar refractivity (Wildman–Crippen MR) is 57.5 cm³/mol. The van der Waals surface area contributed by atoms with Crippen molar-refractivity contribution in [3.8, 4) is 0 Å². The molecule has 2 rings (SSSR count). The maximum absolute atomic E-state index is 11.8. The Labute approximate surface area is 92.9 Å². The summed E-state index contributed by atoms with van der Waals surface area (Å²) >= 11 is 3.41. The van der Waals surface area contributed by atoms with E-state index in [1.54, 1.807) is 0 Å². The first-order valence-electron chi connectivity index (χ1n) is 5.31. The van der Waals surface area contributed by atoms with Gasteiger partial charge in [-0.05, 0) is 25.7 Å². The van der Waals surface area contributed by atoms with Gasteiger partial charge in [-0.1, -0.05) is 15.9 Å². The van der Waals surface area contributed by atoms with Crippen LogP contribution >= 0.6 is 15.9 Å². The third-order valence-corrected chi connectivity index (χ3v) is 3.89. The van der Waals surface area contributed by atoms with E-state index in [4.69, 9.17) is 4.74 Å². The molecule has 0 spiro atoms. The van der Waals surface area contributed by atoms with Crippen LogP contribution in [-0.4, -0.2) is 41.4 Å². The summed E-state index contributed by atoms with van der Waals surface area (Å²) in [7, 11) is 0. The quantitative estimate of drug-likeness (QED) is 0.671.